The van der Waals surface area contributed by atoms with Gasteiger partial charge in [-0.25, -0.2) is 0 Å². The molecule has 0 fully saturated rings. The van der Waals surface area contributed by atoms with Crippen LogP contribution in [0.2, 0.25) is 0 Å². The fraction of sp³-hybridized carbons (Fsp3) is 1.00. The molecule has 0 aromatic carbocycles. The Morgan fingerprint density at radius 1 is 1.42 bits per heavy atom. The summed E-state index contributed by atoms with van der Waals surface area (Å²) in [6.07, 6.45) is 3.53. The summed E-state index contributed by atoms with van der Waals surface area (Å²) in [5, 5.41) is 3.38. The molecule has 0 amide bonds. The lowest BCUT2D eigenvalue weighted by Gasteiger charge is -2.07. The maximum Gasteiger partial charge on any atom is 0.0474 e. The topological polar surface area (TPSA) is 21.3 Å². The van der Waals surface area contributed by atoms with E-state index in [2.05, 4.69) is 28.2 Å². The van der Waals surface area contributed by atoms with Crippen molar-refractivity contribution in [2.75, 3.05) is 26.8 Å². The fourth-order valence-electron chi connectivity index (χ4n) is 0.929. The summed E-state index contributed by atoms with van der Waals surface area (Å²) >= 11 is 3.59. The van der Waals surface area contributed by atoms with E-state index in [1.807, 2.05) is 0 Å². The Hall–Kier alpha value is 0.400. The van der Waals surface area contributed by atoms with Crippen molar-refractivity contribution in [3.05, 3.63) is 0 Å². The third kappa shape index (κ3) is 8.50. The summed E-state index contributed by atoms with van der Waals surface area (Å²) < 4.78 is 4.94. The van der Waals surface area contributed by atoms with Crippen LogP contribution in [0.1, 0.15) is 26.2 Å². The first kappa shape index (κ1) is 12.4. The van der Waals surface area contributed by atoms with Crippen LogP contribution in [0, 0.1) is 0 Å². The molecule has 0 aliphatic carbocycles. The van der Waals surface area contributed by atoms with Gasteiger partial charge in [0.2, 0.25) is 0 Å². The van der Waals surface area contributed by atoms with Crippen molar-refractivity contribution >= 4 is 15.9 Å². The van der Waals surface area contributed by atoms with Gasteiger partial charge in [-0.1, -0.05) is 22.9 Å². The van der Waals surface area contributed by atoms with Gasteiger partial charge in [-0.3, -0.25) is 0 Å². The van der Waals surface area contributed by atoms with E-state index in [9.17, 15) is 0 Å². The number of halogens is 1. The maximum atomic E-state index is 4.94. The zero-order chi connectivity index (χ0) is 9.23. The Balaban J connectivity index is 2.90. The monoisotopic (exact) mass is 237 g/mol. The van der Waals surface area contributed by atoms with Gasteiger partial charge in [-0.15, -0.1) is 0 Å². The van der Waals surface area contributed by atoms with E-state index < -0.39 is 0 Å². The third-order valence-electron chi connectivity index (χ3n) is 1.78. The van der Waals surface area contributed by atoms with E-state index in [0.717, 1.165) is 26.1 Å². The SMILES string of the molecule is CCC(Br)CCNCCCOC. The molecule has 0 saturated heterocycles. The molecule has 0 saturated carbocycles. The normalized spacial score (nSPS) is 13.2. The highest BCUT2D eigenvalue weighted by Gasteiger charge is 1.98. The number of hydrogen-bond acceptors (Lipinski definition) is 2. The van der Waals surface area contributed by atoms with Crippen LogP contribution in [-0.2, 0) is 4.74 Å². The molecular weight excluding hydrogens is 218 g/mol. The lowest BCUT2D eigenvalue weighted by molar-refractivity contribution is 0.194. The number of nitrogens with one attached hydrogen (secondary N) is 1. The van der Waals surface area contributed by atoms with Crippen LogP contribution in [0.5, 0.6) is 0 Å². The van der Waals surface area contributed by atoms with Gasteiger partial charge in [-0.2, -0.15) is 0 Å². The zero-order valence-corrected chi connectivity index (χ0v) is 9.69. The van der Waals surface area contributed by atoms with Gasteiger partial charge in [0, 0.05) is 18.5 Å². The smallest absolute Gasteiger partial charge is 0.0474 e. The molecule has 2 nitrogen and oxygen atoms in total. The second-order valence-corrected chi connectivity index (χ2v) is 4.19. The van der Waals surface area contributed by atoms with Crippen molar-refractivity contribution in [1.29, 1.82) is 0 Å². The molecule has 0 aliphatic heterocycles. The fourth-order valence-corrected chi connectivity index (χ4v) is 1.16. The van der Waals surface area contributed by atoms with Crippen LogP contribution in [0.3, 0.4) is 0 Å². The summed E-state index contributed by atoms with van der Waals surface area (Å²) in [4.78, 5) is 0.674. The van der Waals surface area contributed by atoms with Gasteiger partial charge in [0.25, 0.3) is 0 Å². The molecule has 0 heterocycles. The van der Waals surface area contributed by atoms with E-state index >= 15 is 0 Å². The first-order chi connectivity index (χ1) is 5.81. The van der Waals surface area contributed by atoms with Gasteiger partial charge in [0.1, 0.15) is 0 Å². The van der Waals surface area contributed by atoms with Gasteiger partial charge >= 0.3 is 0 Å². The molecule has 3 heteroatoms. The van der Waals surface area contributed by atoms with Crippen molar-refractivity contribution in [3.63, 3.8) is 0 Å². The summed E-state index contributed by atoms with van der Waals surface area (Å²) in [5.74, 6) is 0. The third-order valence-corrected chi connectivity index (χ3v) is 2.88. The minimum absolute atomic E-state index is 0.674. The average molecular weight is 238 g/mol. The van der Waals surface area contributed by atoms with Crippen molar-refractivity contribution in [3.8, 4) is 0 Å². The summed E-state index contributed by atoms with van der Waals surface area (Å²) in [5.41, 5.74) is 0. The molecule has 0 aromatic rings. The summed E-state index contributed by atoms with van der Waals surface area (Å²) in [6, 6.07) is 0. The molecule has 0 bridgehead atoms. The second kappa shape index (κ2) is 9.49. The molecule has 1 unspecified atom stereocenters. The van der Waals surface area contributed by atoms with Crippen LogP contribution in [-0.4, -0.2) is 31.6 Å². The Kier molecular flexibility index (Phi) is 9.80. The Morgan fingerprint density at radius 3 is 2.75 bits per heavy atom. The number of hydrogen-bond donors (Lipinski definition) is 1. The largest absolute Gasteiger partial charge is 0.385 e. The predicted octanol–water partition coefficient (Wildman–Crippen LogP) is 2.18. The molecule has 0 rings (SSSR count). The van der Waals surface area contributed by atoms with Crippen LogP contribution in [0.15, 0.2) is 0 Å². The van der Waals surface area contributed by atoms with Crippen LogP contribution in [0.25, 0.3) is 0 Å². The minimum Gasteiger partial charge on any atom is -0.385 e. The average Bonchev–Trinajstić information content (AvgIpc) is 2.10. The van der Waals surface area contributed by atoms with Gasteiger partial charge in [-0.05, 0) is 32.4 Å². The Morgan fingerprint density at radius 2 is 2.17 bits per heavy atom. The predicted molar refractivity (Wildman–Crippen MR) is 57.0 cm³/mol. The molecule has 12 heavy (non-hydrogen) atoms. The summed E-state index contributed by atoms with van der Waals surface area (Å²) in [6.45, 7) is 5.23. The standard InChI is InChI=1S/C9H20BrNO/c1-3-9(10)5-7-11-6-4-8-12-2/h9,11H,3-8H2,1-2H3. The molecular formula is C9H20BrNO. The molecule has 1 atom stereocenters. The zero-order valence-electron chi connectivity index (χ0n) is 8.11. The molecule has 1 N–H and O–H groups in total. The lowest BCUT2D eigenvalue weighted by Crippen LogP contribution is -2.20. The molecule has 0 spiro atoms. The van der Waals surface area contributed by atoms with E-state index in [4.69, 9.17) is 4.74 Å². The van der Waals surface area contributed by atoms with E-state index in [-0.39, 0.29) is 0 Å². The van der Waals surface area contributed by atoms with Gasteiger partial charge < -0.3 is 10.1 Å². The highest BCUT2D eigenvalue weighted by atomic mass is 79.9. The number of rotatable bonds is 8. The number of alkyl halides is 1. The van der Waals surface area contributed by atoms with Crippen molar-refractivity contribution in [2.45, 2.75) is 31.0 Å². The minimum atomic E-state index is 0.674. The molecule has 0 aromatic heterocycles. The van der Waals surface area contributed by atoms with E-state index in [0.29, 0.717) is 4.83 Å². The molecule has 0 aliphatic rings. The first-order valence-corrected chi connectivity index (χ1v) is 5.56. The van der Waals surface area contributed by atoms with E-state index in [1.54, 1.807) is 7.11 Å². The van der Waals surface area contributed by atoms with Crippen molar-refractivity contribution in [2.24, 2.45) is 0 Å². The van der Waals surface area contributed by atoms with Gasteiger partial charge in [0.05, 0.1) is 0 Å². The highest BCUT2D eigenvalue weighted by Crippen LogP contribution is 2.07. The summed E-state index contributed by atoms with van der Waals surface area (Å²) in [7, 11) is 1.74. The number of methoxy groups -OCH3 is 1. The Bertz CT molecular complexity index is 90.6. The molecule has 74 valence electrons. The first-order valence-electron chi connectivity index (χ1n) is 4.65. The number of ether oxygens (including phenoxy) is 1. The quantitative estimate of drug-likeness (QED) is 0.517. The second-order valence-electron chi connectivity index (χ2n) is 2.89. The van der Waals surface area contributed by atoms with Crippen molar-refractivity contribution in [1.82, 2.24) is 5.32 Å². The van der Waals surface area contributed by atoms with Crippen molar-refractivity contribution < 1.29 is 4.74 Å². The Labute approximate surface area is 84.2 Å². The van der Waals surface area contributed by atoms with Crippen LogP contribution < -0.4 is 5.32 Å². The highest BCUT2D eigenvalue weighted by molar-refractivity contribution is 9.09. The molecule has 0 radical (unpaired) electrons. The van der Waals surface area contributed by atoms with Crippen LogP contribution in [0.4, 0.5) is 0 Å². The van der Waals surface area contributed by atoms with Gasteiger partial charge in [0.15, 0.2) is 0 Å². The lowest BCUT2D eigenvalue weighted by atomic mass is 10.2. The van der Waals surface area contributed by atoms with Crippen LogP contribution >= 0.6 is 15.9 Å². The maximum absolute atomic E-state index is 4.94. The van der Waals surface area contributed by atoms with E-state index in [1.165, 1.54) is 12.8 Å².